The normalized spacial score (nSPS) is 10.5. The van der Waals surface area contributed by atoms with Crippen LogP contribution in [-0.2, 0) is 0 Å². The zero-order valence-electron chi connectivity index (χ0n) is 15.5. The van der Waals surface area contributed by atoms with Gasteiger partial charge in [0.15, 0.2) is 5.82 Å². The Morgan fingerprint density at radius 3 is 2.48 bits per heavy atom. The predicted octanol–water partition coefficient (Wildman–Crippen LogP) is 4.08. The van der Waals surface area contributed by atoms with Crippen LogP contribution in [0.3, 0.4) is 0 Å². The van der Waals surface area contributed by atoms with Crippen molar-refractivity contribution in [2.24, 2.45) is 0 Å². The summed E-state index contributed by atoms with van der Waals surface area (Å²) in [5.41, 5.74) is 1.30. The fraction of sp³-hybridized carbons (Fsp3) is 0.190. The van der Waals surface area contributed by atoms with Crippen LogP contribution in [0.5, 0.6) is 17.4 Å². The molecule has 1 amide bonds. The van der Waals surface area contributed by atoms with E-state index in [2.05, 4.69) is 15.3 Å². The fourth-order valence-corrected chi connectivity index (χ4v) is 2.45. The third kappa shape index (κ3) is 4.82. The lowest BCUT2D eigenvalue weighted by Gasteiger charge is -2.10. The fourth-order valence-electron chi connectivity index (χ4n) is 2.45. The van der Waals surface area contributed by atoms with Crippen LogP contribution in [0.1, 0.15) is 24.2 Å². The van der Waals surface area contributed by atoms with Crippen molar-refractivity contribution in [2.75, 3.05) is 7.11 Å². The molecule has 3 rings (SSSR count). The quantitative estimate of drug-likeness (QED) is 0.714. The van der Waals surface area contributed by atoms with Crippen LogP contribution in [0.4, 0.5) is 0 Å². The molecule has 0 spiro atoms. The van der Waals surface area contributed by atoms with Crippen LogP contribution in [0.15, 0.2) is 60.8 Å². The second kappa shape index (κ2) is 8.31. The average molecular weight is 363 g/mol. The standard InChI is InChI=1S/C21H21N3O3/c1-14(2)23-21(25)16-6-4-5-15(13-16)20-22-12-11-19(24-20)27-18-9-7-17(26-3)8-10-18/h4-14H,1-3H3,(H,23,25). The molecule has 6 heteroatoms. The van der Waals surface area contributed by atoms with Gasteiger partial charge in [-0.2, -0.15) is 4.98 Å². The Labute approximate surface area is 158 Å². The SMILES string of the molecule is COc1ccc(Oc2ccnc(-c3cccc(C(=O)NC(C)C)c3)n2)cc1. The van der Waals surface area contributed by atoms with E-state index in [4.69, 9.17) is 9.47 Å². The van der Waals surface area contributed by atoms with Crippen molar-refractivity contribution in [1.82, 2.24) is 15.3 Å². The number of nitrogens with one attached hydrogen (secondary N) is 1. The number of hydrogen-bond acceptors (Lipinski definition) is 5. The molecule has 0 aliphatic heterocycles. The minimum absolute atomic E-state index is 0.0682. The Morgan fingerprint density at radius 2 is 1.78 bits per heavy atom. The second-order valence-electron chi connectivity index (χ2n) is 6.21. The van der Waals surface area contributed by atoms with Crippen molar-refractivity contribution >= 4 is 5.91 Å². The molecule has 0 radical (unpaired) electrons. The molecule has 6 nitrogen and oxygen atoms in total. The lowest BCUT2D eigenvalue weighted by Crippen LogP contribution is -2.30. The van der Waals surface area contributed by atoms with E-state index >= 15 is 0 Å². The van der Waals surface area contributed by atoms with Gasteiger partial charge in [-0.05, 0) is 50.2 Å². The van der Waals surface area contributed by atoms with Gasteiger partial charge < -0.3 is 14.8 Å². The zero-order chi connectivity index (χ0) is 19.2. The highest BCUT2D eigenvalue weighted by Gasteiger charge is 2.10. The van der Waals surface area contributed by atoms with Gasteiger partial charge in [0.05, 0.1) is 7.11 Å². The van der Waals surface area contributed by atoms with E-state index in [1.807, 2.05) is 38.1 Å². The number of hydrogen-bond donors (Lipinski definition) is 1. The summed E-state index contributed by atoms with van der Waals surface area (Å²) in [6, 6.07) is 16.2. The molecule has 27 heavy (non-hydrogen) atoms. The zero-order valence-corrected chi connectivity index (χ0v) is 15.5. The third-order valence-electron chi connectivity index (χ3n) is 3.71. The Bertz CT molecular complexity index is 924. The number of nitrogens with zero attached hydrogens (tertiary/aromatic N) is 2. The van der Waals surface area contributed by atoms with Crippen molar-refractivity contribution < 1.29 is 14.3 Å². The van der Waals surface area contributed by atoms with E-state index in [0.29, 0.717) is 23.0 Å². The Hall–Kier alpha value is -3.41. The molecule has 0 fully saturated rings. The van der Waals surface area contributed by atoms with Crippen molar-refractivity contribution in [3.63, 3.8) is 0 Å². The Balaban J connectivity index is 1.81. The molecule has 1 heterocycles. The molecule has 1 aromatic heterocycles. The smallest absolute Gasteiger partial charge is 0.251 e. The maximum Gasteiger partial charge on any atom is 0.251 e. The molecule has 3 aromatic rings. The van der Waals surface area contributed by atoms with E-state index < -0.39 is 0 Å². The molecule has 138 valence electrons. The number of amides is 1. The lowest BCUT2D eigenvalue weighted by molar-refractivity contribution is 0.0943. The van der Waals surface area contributed by atoms with Gasteiger partial charge in [-0.1, -0.05) is 12.1 Å². The van der Waals surface area contributed by atoms with Gasteiger partial charge in [0.25, 0.3) is 5.91 Å². The van der Waals surface area contributed by atoms with Crippen molar-refractivity contribution in [2.45, 2.75) is 19.9 Å². The van der Waals surface area contributed by atoms with Gasteiger partial charge in [0.2, 0.25) is 5.88 Å². The van der Waals surface area contributed by atoms with Crippen molar-refractivity contribution in [3.05, 3.63) is 66.4 Å². The molecular formula is C21H21N3O3. The first kappa shape index (κ1) is 18.4. The number of aromatic nitrogens is 2. The van der Waals surface area contributed by atoms with Gasteiger partial charge in [0, 0.05) is 29.4 Å². The third-order valence-corrected chi connectivity index (χ3v) is 3.71. The molecule has 0 unspecified atom stereocenters. The monoisotopic (exact) mass is 363 g/mol. The molecule has 1 N–H and O–H groups in total. The van der Waals surface area contributed by atoms with Crippen LogP contribution in [0, 0.1) is 0 Å². The molecule has 0 saturated heterocycles. The second-order valence-corrected chi connectivity index (χ2v) is 6.21. The average Bonchev–Trinajstić information content (AvgIpc) is 2.68. The number of carbonyl (C=O) groups is 1. The predicted molar refractivity (Wildman–Crippen MR) is 103 cm³/mol. The van der Waals surface area contributed by atoms with E-state index in [1.165, 1.54) is 0 Å². The largest absolute Gasteiger partial charge is 0.497 e. The van der Waals surface area contributed by atoms with E-state index in [9.17, 15) is 4.79 Å². The summed E-state index contributed by atoms with van der Waals surface area (Å²) in [7, 11) is 1.61. The molecule has 0 atom stereocenters. The Morgan fingerprint density at radius 1 is 1.04 bits per heavy atom. The number of benzene rings is 2. The van der Waals surface area contributed by atoms with Gasteiger partial charge in [-0.3, -0.25) is 4.79 Å². The summed E-state index contributed by atoms with van der Waals surface area (Å²) < 4.78 is 10.9. The summed E-state index contributed by atoms with van der Waals surface area (Å²) in [6.45, 7) is 3.84. The van der Waals surface area contributed by atoms with Crippen LogP contribution >= 0.6 is 0 Å². The first-order valence-corrected chi connectivity index (χ1v) is 8.61. The van der Waals surface area contributed by atoms with Crippen LogP contribution in [0.25, 0.3) is 11.4 Å². The lowest BCUT2D eigenvalue weighted by atomic mass is 10.1. The highest BCUT2D eigenvalue weighted by Crippen LogP contribution is 2.24. The number of rotatable bonds is 6. The van der Waals surface area contributed by atoms with Crippen molar-refractivity contribution in [1.29, 1.82) is 0 Å². The van der Waals surface area contributed by atoms with E-state index in [0.717, 1.165) is 11.3 Å². The molecule has 0 aliphatic carbocycles. The van der Waals surface area contributed by atoms with Gasteiger partial charge in [0.1, 0.15) is 11.5 Å². The molecular weight excluding hydrogens is 342 g/mol. The Kier molecular flexibility index (Phi) is 5.66. The highest BCUT2D eigenvalue weighted by atomic mass is 16.5. The molecule has 0 aliphatic rings. The molecule has 0 bridgehead atoms. The van der Waals surface area contributed by atoms with E-state index in [1.54, 1.807) is 43.6 Å². The van der Waals surface area contributed by atoms with Crippen LogP contribution in [0.2, 0.25) is 0 Å². The van der Waals surface area contributed by atoms with Gasteiger partial charge >= 0.3 is 0 Å². The number of methoxy groups -OCH3 is 1. The molecule has 2 aromatic carbocycles. The first-order chi connectivity index (χ1) is 13.0. The maximum atomic E-state index is 12.2. The highest BCUT2D eigenvalue weighted by molar-refractivity contribution is 5.95. The minimum atomic E-state index is -0.127. The van der Waals surface area contributed by atoms with Crippen LogP contribution < -0.4 is 14.8 Å². The molecule has 0 saturated carbocycles. The van der Waals surface area contributed by atoms with E-state index in [-0.39, 0.29) is 11.9 Å². The van der Waals surface area contributed by atoms with Crippen LogP contribution in [-0.4, -0.2) is 29.0 Å². The minimum Gasteiger partial charge on any atom is -0.497 e. The topological polar surface area (TPSA) is 73.3 Å². The summed E-state index contributed by atoms with van der Waals surface area (Å²) >= 11 is 0. The van der Waals surface area contributed by atoms with Gasteiger partial charge in [-0.25, -0.2) is 4.98 Å². The maximum absolute atomic E-state index is 12.2. The number of ether oxygens (including phenoxy) is 2. The van der Waals surface area contributed by atoms with Crippen molar-refractivity contribution in [3.8, 4) is 28.8 Å². The first-order valence-electron chi connectivity index (χ1n) is 8.61. The number of carbonyl (C=O) groups excluding carboxylic acids is 1. The summed E-state index contributed by atoms with van der Waals surface area (Å²) in [5, 5.41) is 2.88. The summed E-state index contributed by atoms with van der Waals surface area (Å²) in [6.07, 6.45) is 1.63. The van der Waals surface area contributed by atoms with Gasteiger partial charge in [-0.15, -0.1) is 0 Å². The summed E-state index contributed by atoms with van der Waals surface area (Å²) in [5.74, 6) is 2.17. The summed E-state index contributed by atoms with van der Waals surface area (Å²) in [4.78, 5) is 21.0.